The minimum Gasteiger partial charge on any atom is -0.301 e. The normalized spacial score (nSPS) is 16.0. The summed E-state index contributed by atoms with van der Waals surface area (Å²) < 4.78 is 4.70. The zero-order valence-corrected chi connectivity index (χ0v) is 18.4. The van der Waals surface area contributed by atoms with Crippen molar-refractivity contribution in [2.45, 2.75) is 33.5 Å². The molecule has 0 unspecified atom stereocenters. The van der Waals surface area contributed by atoms with Crippen molar-refractivity contribution in [3.05, 3.63) is 46.7 Å². The zero-order chi connectivity index (χ0) is 20.1. The van der Waals surface area contributed by atoms with E-state index in [0.717, 1.165) is 54.9 Å². The molecule has 3 rings (SSSR count). The second-order valence-electron chi connectivity index (χ2n) is 7.80. The highest BCUT2D eigenvalue weighted by Gasteiger charge is 2.19. The highest BCUT2D eigenvalue weighted by atomic mass is 35.5. The van der Waals surface area contributed by atoms with Gasteiger partial charge in [-0.15, -0.1) is 6.58 Å². The Bertz CT molecular complexity index is 831. The molecular weight excluding hydrogens is 390 g/mol. The first kappa shape index (κ1) is 21.2. The van der Waals surface area contributed by atoms with Crippen LogP contribution in [0.25, 0.3) is 11.4 Å². The fourth-order valence-electron chi connectivity index (χ4n) is 3.42. The summed E-state index contributed by atoms with van der Waals surface area (Å²) >= 11 is 11.8. The van der Waals surface area contributed by atoms with Crippen LogP contribution >= 0.6 is 23.8 Å². The van der Waals surface area contributed by atoms with Crippen molar-refractivity contribution in [3.63, 3.8) is 0 Å². The van der Waals surface area contributed by atoms with E-state index in [1.165, 1.54) is 13.0 Å². The molecule has 5 nitrogen and oxygen atoms in total. The first-order valence-corrected chi connectivity index (χ1v) is 10.8. The standard InChI is InChI=1S/C21H30ClN5S/c1-4-10-26-20(18-5-7-19(22)8-6-18)23-27(21(26)28)16-25-14-12-24(13-15-25)11-9-17(2)3/h4-8,17H,1,9-16H2,2-3H3. The lowest BCUT2D eigenvalue weighted by molar-refractivity contribution is 0.0993. The van der Waals surface area contributed by atoms with E-state index in [2.05, 4.69) is 30.2 Å². The van der Waals surface area contributed by atoms with E-state index in [1.807, 2.05) is 39.6 Å². The van der Waals surface area contributed by atoms with Crippen molar-refractivity contribution >= 4 is 23.8 Å². The first-order valence-electron chi connectivity index (χ1n) is 9.97. The molecule has 0 spiro atoms. The maximum atomic E-state index is 6.04. The van der Waals surface area contributed by atoms with Crippen LogP contribution in [0.2, 0.25) is 5.02 Å². The molecule has 1 aliphatic rings. The van der Waals surface area contributed by atoms with E-state index in [0.29, 0.717) is 11.6 Å². The lowest BCUT2D eigenvalue weighted by atomic mass is 10.1. The molecule has 7 heteroatoms. The molecule has 0 radical (unpaired) electrons. The fourth-order valence-corrected chi connectivity index (χ4v) is 3.81. The zero-order valence-electron chi connectivity index (χ0n) is 16.9. The molecule has 1 fully saturated rings. The SMILES string of the molecule is C=CCn1c(-c2ccc(Cl)cc2)nn(CN2CCN(CCC(C)C)CC2)c1=S. The summed E-state index contributed by atoms with van der Waals surface area (Å²) in [5, 5.41) is 5.55. The molecular formula is C21H30ClN5S. The van der Waals surface area contributed by atoms with Gasteiger partial charge < -0.3 is 4.90 Å². The number of halogens is 1. The minimum absolute atomic E-state index is 0.639. The van der Waals surface area contributed by atoms with Gasteiger partial charge >= 0.3 is 0 Å². The monoisotopic (exact) mass is 419 g/mol. The number of hydrogen-bond donors (Lipinski definition) is 0. The van der Waals surface area contributed by atoms with Gasteiger partial charge in [-0.25, -0.2) is 4.68 Å². The molecule has 0 bridgehead atoms. The molecule has 2 heterocycles. The molecule has 28 heavy (non-hydrogen) atoms. The highest BCUT2D eigenvalue weighted by molar-refractivity contribution is 7.71. The number of aromatic nitrogens is 3. The molecule has 1 aliphatic heterocycles. The quantitative estimate of drug-likeness (QED) is 0.464. The number of rotatable bonds is 8. The number of piperazine rings is 1. The highest BCUT2D eigenvalue weighted by Crippen LogP contribution is 2.21. The molecule has 0 amide bonds. The summed E-state index contributed by atoms with van der Waals surface area (Å²) in [5.41, 5.74) is 1.01. The summed E-state index contributed by atoms with van der Waals surface area (Å²) in [4.78, 5) is 4.99. The van der Waals surface area contributed by atoms with Gasteiger partial charge in [-0.2, -0.15) is 5.10 Å². The molecule has 0 aliphatic carbocycles. The van der Waals surface area contributed by atoms with Crippen molar-refractivity contribution in [3.8, 4) is 11.4 Å². The Hall–Kier alpha value is -1.47. The number of nitrogens with zero attached hydrogens (tertiary/aromatic N) is 5. The van der Waals surface area contributed by atoms with Crippen molar-refractivity contribution in [1.82, 2.24) is 24.1 Å². The Kier molecular flexibility index (Phi) is 7.46. The summed E-state index contributed by atoms with van der Waals surface area (Å²) in [6.45, 7) is 15.3. The van der Waals surface area contributed by atoms with E-state index >= 15 is 0 Å². The largest absolute Gasteiger partial charge is 0.301 e. The van der Waals surface area contributed by atoms with E-state index in [9.17, 15) is 0 Å². The van der Waals surface area contributed by atoms with E-state index in [-0.39, 0.29) is 0 Å². The van der Waals surface area contributed by atoms with Gasteiger partial charge in [-0.05, 0) is 55.4 Å². The van der Waals surface area contributed by atoms with Crippen LogP contribution in [0.4, 0.5) is 0 Å². The van der Waals surface area contributed by atoms with Crippen LogP contribution < -0.4 is 0 Å². The second kappa shape index (κ2) is 9.83. The van der Waals surface area contributed by atoms with Crippen molar-refractivity contribution in [2.75, 3.05) is 32.7 Å². The number of hydrogen-bond acceptors (Lipinski definition) is 4. The fraction of sp³-hybridized carbons (Fsp3) is 0.524. The molecule has 0 saturated carbocycles. The third-order valence-electron chi connectivity index (χ3n) is 5.16. The Morgan fingerprint density at radius 3 is 2.39 bits per heavy atom. The number of benzene rings is 1. The van der Waals surface area contributed by atoms with Gasteiger partial charge in [-0.1, -0.05) is 31.5 Å². The topological polar surface area (TPSA) is 29.2 Å². The molecule has 0 atom stereocenters. The van der Waals surface area contributed by atoms with Gasteiger partial charge in [0.1, 0.15) is 0 Å². The number of allylic oxidation sites excluding steroid dienone is 1. The minimum atomic E-state index is 0.639. The van der Waals surface area contributed by atoms with Crippen LogP contribution in [0.5, 0.6) is 0 Å². The van der Waals surface area contributed by atoms with Gasteiger partial charge in [0.2, 0.25) is 0 Å². The maximum absolute atomic E-state index is 6.04. The smallest absolute Gasteiger partial charge is 0.199 e. The van der Waals surface area contributed by atoms with Crippen molar-refractivity contribution < 1.29 is 0 Å². The van der Waals surface area contributed by atoms with Gasteiger partial charge in [0.15, 0.2) is 10.6 Å². The van der Waals surface area contributed by atoms with Crippen LogP contribution in [-0.2, 0) is 13.2 Å². The Balaban J connectivity index is 1.71. The van der Waals surface area contributed by atoms with Crippen molar-refractivity contribution in [2.24, 2.45) is 5.92 Å². The molecule has 152 valence electrons. The summed E-state index contributed by atoms with van der Waals surface area (Å²) in [7, 11) is 0. The second-order valence-corrected chi connectivity index (χ2v) is 8.60. The van der Waals surface area contributed by atoms with Crippen LogP contribution in [0.3, 0.4) is 0 Å². The molecule has 1 aromatic heterocycles. The van der Waals surface area contributed by atoms with E-state index in [1.54, 1.807) is 0 Å². The summed E-state index contributed by atoms with van der Waals surface area (Å²) in [6, 6.07) is 7.73. The lowest BCUT2D eigenvalue weighted by Crippen LogP contribution is -2.47. The molecule has 1 aromatic carbocycles. The van der Waals surface area contributed by atoms with E-state index < -0.39 is 0 Å². The van der Waals surface area contributed by atoms with E-state index in [4.69, 9.17) is 28.9 Å². The van der Waals surface area contributed by atoms with Gasteiger partial charge in [0.05, 0.1) is 6.67 Å². The lowest BCUT2D eigenvalue weighted by Gasteiger charge is -2.34. The third kappa shape index (κ3) is 5.32. The van der Waals surface area contributed by atoms with Crippen molar-refractivity contribution in [1.29, 1.82) is 0 Å². The van der Waals surface area contributed by atoms with Gasteiger partial charge in [0.25, 0.3) is 0 Å². The average molecular weight is 420 g/mol. The summed E-state index contributed by atoms with van der Waals surface area (Å²) in [6.07, 6.45) is 3.12. The molecule has 1 saturated heterocycles. The predicted octanol–water partition coefficient (Wildman–Crippen LogP) is 4.54. The Morgan fingerprint density at radius 2 is 1.79 bits per heavy atom. The Morgan fingerprint density at radius 1 is 1.14 bits per heavy atom. The van der Waals surface area contributed by atoms with Gasteiger partial charge in [-0.3, -0.25) is 9.47 Å². The van der Waals surface area contributed by atoms with Crippen LogP contribution in [0, 0.1) is 10.7 Å². The van der Waals surface area contributed by atoms with Gasteiger partial charge in [0, 0.05) is 43.3 Å². The average Bonchev–Trinajstić information content (AvgIpc) is 2.98. The van der Waals surface area contributed by atoms with Crippen LogP contribution in [0.15, 0.2) is 36.9 Å². The van der Waals surface area contributed by atoms with Crippen LogP contribution in [0.1, 0.15) is 20.3 Å². The van der Waals surface area contributed by atoms with Crippen LogP contribution in [-0.4, -0.2) is 56.9 Å². The summed E-state index contributed by atoms with van der Waals surface area (Å²) in [5.74, 6) is 1.62. The molecule has 2 aromatic rings. The third-order valence-corrected chi connectivity index (χ3v) is 5.84. The predicted molar refractivity (Wildman–Crippen MR) is 119 cm³/mol. The first-order chi connectivity index (χ1) is 13.5. The maximum Gasteiger partial charge on any atom is 0.199 e. The Labute approximate surface area is 178 Å². The molecule has 0 N–H and O–H groups in total.